The molecule has 8 heteroatoms. The number of nitrogens with zero attached hydrogens (tertiary/aromatic N) is 2. The second-order valence-corrected chi connectivity index (χ2v) is 9.13. The first-order chi connectivity index (χ1) is 11.4. The normalized spacial score (nSPS) is 27.3. The van der Waals surface area contributed by atoms with Crippen molar-refractivity contribution in [3.05, 3.63) is 17.0 Å². The Balaban J connectivity index is 1.54. The Labute approximate surface area is 141 Å². The van der Waals surface area contributed by atoms with Gasteiger partial charge in [0.1, 0.15) is 5.76 Å². The standard InChI is InChI=1S/C16H23N3O4S/c1-24(21,22)18-13-9-19(8-12(13)10-6-7-10)16(20)15-11-4-2-3-5-14(11)23-17-15/h10,12-13,18H,2-9H2,1H3/t12-,13+/m0/s1. The molecule has 1 amide bonds. The molecule has 3 aliphatic rings. The van der Waals surface area contributed by atoms with E-state index in [4.69, 9.17) is 4.52 Å². The summed E-state index contributed by atoms with van der Waals surface area (Å²) in [6.07, 6.45) is 7.22. The highest BCUT2D eigenvalue weighted by Crippen LogP contribution is 2.42. The molecule has 0 aromatic carbocycles. The van der Waals surface area contributed by atoms with Gasteiger partial charge in [-0.15, -0.1) is 0 Å². The molecule has 0 radical (unpaired) electrons. The van der Waals surface area contributed by atoms with Crippen LogP contribution in [-0.2, 0) is 22.9 Å². The van der Waals surface area contributed by atoms with Crippen LogP contribution in [0.3, 0.4) is 0 Å². The highest BCUT2D eigenvalue weighted by Gasteiger charge is 2.45. The monoisotopic (exact) mass is 353 g/mol. The van der Waals surface area contributed by atoms with Gasteiger partial charge >= 0.3 is 0 Å². The molecular formula is C16H23N3O4S. The van der Waals surface area contributed by atoms with Gasteiger partial charge in [-0.25, -0.2) is 13.1 Å². The largest absolute Gasteiger partial charge is 0.360 e. The fourth-order valence-corrected chi connectivity index (χ4v) is 4.90. The van der Waals surface area contributed by atoms with Gasteiger partial charge in [-0.3, -0.25) is 4.79 Å². The lowest BCUT2D eigenvalue weighted by atomic mass is 9.96. The second-order valence-electron chi connectivity index (χ2n) is 7.35. The summed E-state index contributed by atoms with van der Waals surface area (Å²) in [6, 6.07) is -0.195. The molecule has 1 aromatic rings. The van der Waals surface area contributed by atoms with Gasteiger partial charge < -0.3 is 9.42 Å². The molecule has 0 unspecified atom stereocenters. The predicted octanol–water partition coefficient (Wildman–Crippen LogP) is 0.953. The van der Waals surface area contributed by atoms with Crippen molar-refractivity contribution in [3.8, 4) is 0 Å². The SMILES string of the molecule is CS(=O)(=O)N[C@@H]1CN(C(=O)c2noc3c2CCCC3)C[C@H]1C1CC1. The topological polar surface area (TPSA) is 92.5 Å². The molecule has 1 saturated carbocycles. The van der Waals surface area contributed by atoms with Crippen LogP contribution < -0.4 is 4.72 Å². The van der Waals surface area contributed by atoms with Crippen LogP contribution in [0.15, 0.2) is 4.52 Å². The summed E-state index contributed by atoms with van der Waals surface area (Å²) in [5, 5.41) is 4.02. The number of hydrogen-bond acceptors (Lipinski definition) is 5. The van der Waals surface area contributed by atoms with Crippen molar-refractivity contribution in [1.29, 1.82) is 0 Å². The lowest BCUT2D eigenvalue weighted by molar-refractivity contribution is 0.0773. The van der Waals surface area contributed by atoms with Crippen LogP contribution in [0.2, 0.25) is 0 Å². The molecule has 1 N–H and O–H groups in total. The van der Waals surface area contributed by atoms with Gasteiger partial charge in [-0.1, -0.05) is 5.16 Å². The maximum Gasteiger partial charge on any atom is 0.276 e. The number of likely N-dealkylation sites (tertiary alicyclic amines) is 1. The zero-order valence-electron chi connectivity index (χ0n) is 13.8. The van der Waals surface area contributed by atoms with Crippen molar-refractivity contribution in [2.75, 3.05) is 19.3 Å². The summed E-state index contributed by atoms with van der Waals surface area (Å²) in [7, 11) is -3.29. The van der Waals surface area contributed by atoms with Gasteiger partial charge in [0.15, 0.2) is 5.69 Å². The van der Waals surface area contributed by atoms with E-state index in [9.17, 15) is 13.2 Å². The van der Waals surface area contributed by atoms with Gasteiger partial charge in [0.2, 0.25) is 10.0 Å². The number of hydrogen-bond donors (Lipinski definition) is 1. The van der Waals surface area contributed by atoms with E-state index >= 15 is 0 Å². The first-order valence-electron chi connectivity index (χ1n) is 8.66. The molecule has 4 rings (SSSR count). The van der Waals surface area contributed by atoms with Crippen LogP contribution in [-0.4, -0.2) is 49.8 Å². The van der Waals surface area contributed by atoms with Gasteiger partial charge in [0.05, 0.1) is 6.26 Å². The van der Waals surface area contributed by atoms with Crippen molar-refractivity contribution < 1.29 is 17.7 Å². The van der Waals surface area contributed by atoms with Crippen molar-refractivity contribution in [3.63, 3.8) is 0 Å². The van der Waals surface area contributed by atoms with Crippen molar-refractivity contribution in [2.24, 2.45) is 11.8 Å². The Kier molecular flexibility index (Phi) is 3.91. The van der Waals surface area contributed by atoms with Crippen LogP contribution in [0.4, 0.5) is 0 Å². The van der Waals surface area contributed by atoms with Gasteiger partial charge in [0.25, 0.3) is 5.91 Å². The van der Waals surface area contributed by atoms with Crippen molar-refractivity contribution >= 4 is 15.9 Å². The number of aromatic nitrogens is 1. The van der Waals surface area contributed by atoms with E-state index in [0.29, 0.717) is 24.7 Å². The minimum absolute atomic E-state index is 0.120. The molecule has 1 aromatic heterocycles. The quantitative estimate of drug-likeness (QED) is 0.870. The average molecular weight is 353 g/mol. The fourth-order valence-electron chi connectivity index (χ4n) is 4.10. The highest BCUT2D eigenvalue weighted by molar-refractivity contribution is 7.88. The van der Waals surface area contributed by atoms with Gasteiger partial charge in [-0.2, -0.15) is 0 Å². The van der Waals surface area contributed by atoms with Crippen LogP contribution in [0.5, 0.6) is 0 Å². The van der Waals surface area contributed by atoms with E-state index in [-0.39, 0.29) is 17.9 Å². The lowest BCUT2D eigenvalue weighted by Crippen LogP contribution is -2.41. The minimum atomic E-state index is -3.29. The Morgan fingerprint density at radius 3 is 2.71 bits per heavy atom. The smallest absolute Gasteiger partial charge is 0.276 e. The Morgan fingerprint density at radius 1 is 1.25 bits per heavy atom. The molecule has 2 heterocycles. The lowest BCUT2D eigenvalue weighted by Gasteiger charge is -2.17. The number of fused-ring (bicyclic) bond motifs is 1. The van der Waals surface area contributed by atoms with E-state index in [1.54, 1.807) is 4.90 Å². The molecule has 0 spiro atoms. The fraction of sp³-hybridized carbons (Fsp3) is 0.750. The van der Waals surface area contributed by atoms with Crippen molar-refractivity contribution in [2.45, 2.75) is 44.6 Å². The molecule has 132 valence electrons. The second kappa shape index (κ2) is 5.84. The highest BCUT2D eigenvalue weighted by atomic mass is 32.2. The third-order valence-corrected chi connectivity index (χ3v) is 6.13. The molecule has 2 fully saturated rings. The number of sulfonamides is 1. The third-order valence-electron chi connectivity index (χ3n) is 5.40. The summed E-state index contributed by atoms with van der Waals surface area (Å²) < 4.78 is 31.3. The van der Waals surface area contributed by atoms with Crippen LogP contribution in [0.25, 0.3) is 0 Å². The number of amides is 1. The molecule has 2 aliphatic carbocycles. The number of carbonyl (C=O) groups is 1. The van der Waals surface area contributed by atoms with Crippen molar-refractivity contribution in [1.82, 2.24) is 14.8 Å². The summed E-state index contributed by atoms with van der Waals surface area (Å²) in [5.74, 6) is 1.44. The molecule has 1 aliphatic heterocycles. The van der Waals surface area contributed by atoms with E-state index in [0.717, 1.165) is 49.8 Å². The summed E-state index contributed by atoms with van der Waals surface area (Å²) in [4.78, 5) is 14.7. The zero-order valence-corrected chi connectivity index (χ0v) is 14.6. The zero-order chi connectivity index (χ0) is 16.9. The summed E-state index contributed by atoms with van der Waals surface area (Å²) in [6.45, 7) is 1.01. The Bertz CT molecular complexity index is 753. The minimum Gasteiger partial charge on any atom is -0.360 e. The van der Waals surface area contributed by atoms with Crippen LogP contribution in [0.1, 0.15) is 47.5 Å². The molecule has 7 nitrogen and oxygen atoms in total. The third kappa shape index (κ3) is 3.09. The van der Waals surface area contributed by atoms with Gasteiger partial charge in [0, 0.05) is 31.1 Å². The first kappa shape index (κ1) is 16.1. The number of aryl methyl sites for hydroxylation is 1. The summed E-state index contributed by atoms with van der Waals surface area (Å²) >= 11 is 0. The number of nitrogens with one attached hydrogen (secondary N) is 1. The Hall–Kier alpha value is -1.41. The average Bonchev–Trinajstić information content (AvgIpc) is 3.14. The van der Waals surface area contributed by atoms with E-state index in [1.807, 2.05) is 0 Å². The molecule has 0 bridgehead atoms. The van der Waals surface area contributed by atoms with E-state index in [1.165, 1.54) is 6.26 Å². The number of carbonyl (C=O) groups excluding carboxylic acids is 1. The van der Waals surface area contributed by atoms with E-state index in [2.05, 4.69) is 9.88 Å². The van der Waals surface area contributed by atoms with E-state index < -0.39 is 10.0 Å². The molecule has 2 atom stereocenters. The number of rotatable bonds is 4. The van der Waals surface area contributed by atoms with Crippen LogP contribution in [0, 0.1) is 11.8 Å². The van der Waals surface area contributed by atoms with Gasteiger partial charge in [-0.05, 0) is 43.9 Å². The molecule has 1 saturated heterocycles. The molecule has 24 heavy (non-hydrogen) atoms. The Morgan fingerprint density at radius 2 is 2.00 bits per heavy atom. The maximum absolute atomic E-state index is 12.9. The molecular weight excluding hydrogens is 330 g/mol. The maximum atomic E-state index is 12.9. The predicted molar refractivity (Wildman–Crippen MR) is 87.0 cm³/mol. The first-order valence-corrected chi connectivity index (χ1v) is 10.6. The summed E-state index contributed by atoms with van der Waals surface area (Å²) in [5.41, 5.74) is 1.38. The van der Waals surface area contributed by atoms with Crippen LogP contribution >= 0.6 is 0 Å².